The Hall–Kier alpha value is -4.78. The van der Waals surface area contributed by atoms with E-state index in [-0.39, 0.29) is 11.5 Å². The van der Waals surface area contributed by atoms with Crippen molar-refractivity contribution in [2.75, 3.05) is 0 Å². The number of hydrogen-bond acceptors (Lipinski definition) is 4. The Kier molecular flexibility index (Phi) is 4.48. The number of nitro benzene ring substituents is 1. The molecule has 0 aliphatic carbocycles. The van der Waals surface area contributed by atoms with E-state index in [1.807, 2.05) is 30.5 Å². The van der Waals surface area contributed by atoms with Gasteiger partial charge in [0.1, 0.15) is 5.82 Å². The number of nitrogens with one attached hydrogen (secondary N) is 1. The molecule has 0 atom stereocenters. The van der Waals surface area contributed by atoms with Gasteiger partial charge in [0.2, 0.25) is 5.89 Å². The Labute approximate surface area is 192 Å². The monoisotopic (exact) mass is 449 g/mol. The summed E-state index contributed by atoms with van der Waals surface area (Å²) in [5.74, 6) is 0.719. The molecular formula is C27H16FN3O3. The second-order valence-electron chi connectivity index (χ2n) is 8.00. The molecule has 164 valence electrons. The third-order valence-electron chi connectivity index (χ3n) is 5.91. The number of rotatable bonds is 4. The minimum absolute atomic E-state index is 0.0224. The first-order valence-electron chi connectivity index (χ1n) is 10.6. The average molecular weight is 449 g/mol. The molecule has 7 heteroatoms. The van der Waals surface area contributed by atoms with Crippen LogP contribution in [0.5, 0.6) is 0 Å². The largest absolute Gasteiger partial charge is 0.436 e. The van der Waals surface area contributed by atoms with E-state index in [1.165, 1.54) is 24.3 Å². The predicted octanol–water partition coefficient (Wildman–Crippen LogP) is 7.36. The maximum atomic E-state index is 13.6. The summed E-state index contributed by atoms with van der Waals surface area (Å²) in [6.45, 7) is 0. The van der Waals surface area contributed by atoms with E-state index in [2.05, 4.69) is 22.1 Å². The number of benzene rings is 4. The Morgan fingerprint density at radius 1 is 0.853 bits per heavy atom. The first kappa shape index (κ1) is 19.9. The molecule has 2 heterocycles. The number of oxazole rings is 1. The van der Waals surface area contributed by atoms with Crippen LogP contribution < -0.4 is 0 Å². The number of H-pyrrole nitrogens is 1. The molecule has 4 aromatic carbocycles. The fourth-order valence-electron chi connectivity index (χ4n) is 4.17. The molecule has 6 rings (SSSR count). The van der Waals surface area contributed by atoms with Crippen molar-refractivity contribution < 1.29 is 13.7 Å². The molecule has 34 heavy (non-hydrogen) atoms. The van der Waals surface area contributed by atoms with E-state index in [4.69, 9.17) is 4.42 Å². The van der Waals surface area contributed by atoms with Gasteiger partial charge in [-0.15, -0.1) is 0 Å². The van der Waals surface area contributed by atoms with Gasteiger partial charge in [-0.05, 0) is 64.9 Å². The smallest absolute Gasteiger partial charge is 0.269 e. The third kappa shape index (κ3) is 3.40. The van der Waals surface area contributed by atoms with Crippen LogP contribution >= 0.6 is 0 Å². The lowest BCUT2D eigenvalue weighted by molar-refractivity contribution is -0.384. The van der Waals surface area contributed by atoms with E-state index in [9.17, 15) is 14.5 Å². The highest BCUT2D eigenvalue weighted by Crippen LogP contribution is 2.33. The van der Waals surface area contributed by atoms with Crippen molar-refractivity contribution in [3.63, 3.8) is 0 Å². The van der Waals surface area contributed by atoms with Crippen molar-refractivity contribution in [3.8, 4) is 33.9 Å². The van der Waals surface area contributed by atoms with Gasteiger partial charge < -0.3 is 9.40 Å². The number of non-ortho nitro benzene ring substituents is 1. The number of halogens is 1. The Bertz CT molecular complexity index is 1700. The first-order valence-corrected chi connectivity index (χ1v) is 10.6. The summed E-state index contributed by atoms with van der Waals surface area (Å²) in [5.41, 5.74) is 4.32. The number of nitrogens with zero attached hydrogens (tertiary/aromatic N) is 2. The normalized spacial score (nSPS) is 11.3. The molecule has 2 aromatic heterocycles. The molecule has 0 saturated carbocycles. The van der Waals surface area contributed by atoms with Crippen molar-refractivity contribution in [1.82, 2.24) is 9.97 Å². The molecular weight excluding hydrogens is 433 g/mol. The minimum atomic E-state index is -0.437. The third-order valence-corrected chi connectivity index (χ3v) is 5.91. The minimum Gasteiger partial charge on any atom is -0.436 e. The van der Waals surface area contributed by atoms with Gasteiger partial charge in [-0.3, -0.25) is 10.1 Å². The van der Waals surface area contributed by atoms with Crippen molar-refractivity contribution in [1.29, 1.82) is 0 Å². The quantitative estimate of drug-likeness (QED) is 0.225. The number of hydrogen-bond donors (Lipinski definition) is 1. The molecule has 0 bridgehead atoms. The summed E-state index contributed by atoms with van der Waals surface area (Å²) >= 11 is 0. The first-order chi connectivity index (χ1) is 16.5. The van der Waals surface area contributed by atoms with Gasteiger partial charge in [-0.2, -0.15) is 0 Å². The van der Waals surface area contributed by atoms with Crippen molar-refractivity contribution in [2.24, 2.45) is 0 Å². The topological polar surface area (TPSA) is 85.0 Å². The van der Waals surface area contributed by atoms with Crippen LogP contribution in [0.3, 0.4) is 0 Å². The van der Waals surface area contributed by atoms with Gasteiger partial charge >= 0.3 is 0 Å². The summed E-state index contributed by atoms with van der Waals surface area (Å²) in [4.78, 5) is 18.0. The lowest BCUT2D eigenvalue weighted by atomic mass is 9.99. The molecule has 0 amide bonds. The van der Waals surface area contributed by atoms with E-state index >= 15 is 0 Å². The maximum Gasteiger partial charge on any atom is 0.269 e. The van der Waals surface area contributed by atoms with Crippen LogP contribution in [0.25, 0.3) is 55.6 Å². The van der Waals surface area contributed by atoms with Crippen molar-refractivity contribution in [2.45, 2.75) is 0 Å². The van der Waals surface area contributed by atoms with Gasteiger partial charge in [0.15, 0.2) is 5.76 Å². The molecule has 6 aromatic rings. The summed E-state index contributed by atoms with van der Waals surface area (Å²) < 4.78 is 19.5. The van der Waals surface area contributed by atoms with Gasteiger partial charge in [-0.25, -0.2) is 9.37 Å². The highest BCUT2D eigenvalue weighted by atomic mass is 19.1. The van der Waals surface area contributed by atoms with Crippen LogP contribution in [0.2, 0.25) is 0 Å². The van der Waals surface area contributed by atoms with Crippen molar-refractivity contribution >= 4 is 27.4 Å². The number of fused-ring (bicyclic) bond motifs is 2. The summed E-state index contributed by atoms with van der Waals surface area (Å²) in [5, 5.41) is 13.9. The highest BCUT2D eigenvalue weighted by molar-refractivity contribution is 5.98. The standard InChI is InChI=1S/C27H16FN3O3/c28-21-7-10-23-24(14-29-25(23)13-21)18-3-1-16-2-4-19(12-20(16)11-18)27-30-15-26(34-27)17-5-8-22(9-6-17)31(32)33/h1-15,29H. The van der Waals surface area contributed by atoms with Crippen LogP contribution in [0, 0.1) is 15.9 Å². The number of nitro groups is 1. The van der Waals surface area contributed by atoms with Crippen LogP contribution in [0.15, 0.2) is 95.7 Å². The lowest BCUT2D eigenvalue weighted by Gasteiger charge is -2.05. The van der Waals surface area contributed by atoms with E-state index in [0.717, 1.165) is 38.4 Å². The zero-order valence-electron chi connectivity index (χ0n) is 17.7. The number of aromatic nitrogens is 2. The molecule has 0 unspecified atom stereocenters. The van der Waals surface area contributed by atoms with Crippen LogP contribution in [0.4, 0.5) is 10.1 Å². The second-order valence-corrected chi connectivity index (χ2v) is 8.00. The summed E-state index contributed by atoms with van der Waals surface area (Å²) in [6, 6.07) is 23.0. The molecule has 0 aliphatic rings. The van der Waals surface area contributed by atoms with Gasteiger partial charge in [0.25, 0.3) is 5.69 Å². The van der Waals surface area contributed by atoms with Gasteiger partial charge in [0.05, 0.1) is 11.1 Å². The Morgan fingerprint density at radius 2 is 1.59 bits per heavy atom. The van der Waals surface area contributed by atoms with Gasteiger partial charge in [0, 0.05) is 45.9 Å². The van der Waals surface area contributed by atoms with E-state index < -0.39 is 4.92 Å². The summed E-state index contributed by atoms with van der Waals surface area (Å²) in [6.07, 6.45) is 3.50. The van der Waals surface area contributed by atoms with E-state index in [1.54, 1.807) is 24.4 Å². The van der Waals surface area contributed by atoms with Gasteiger partial charge in [-0.1, -0.05) is 18.2 Å². The molecule has 0 fully saturated rings. The number of aromatic amines is 1. The molecule has 0 saturated heterocycles. The fourth-order valence-corrected chi connectivity index (χ4v) is 4.17. The molecule has 1 N–H and O–H groups in total. The van der Waals surface area contributed by atoms with Crippen LogP contribution in [-0.2, 0) is 0 Å². The van der Waals surface area contributed by atoms with Crippen LogP contribution in [-0.4, -0.2) is 14.9 Å². The fraction of sp³-hybridized carbons (Fsp3) is 0. The molecule has 0 spiro atoms. The lowest BCUT2D eigenvalue weighted by Crippen LogP contribution is -1.86. The Balaban J connectivity index is 1.36. The zero-order chi connectivity index (χ0) is 23.2. The average Bonchev–Trinajstić information content (AvgIpc) is 3.51. The second kappa shape index (κ2) is 7.67. The Morgan fingerprint density at radius 3 is 2.38 bits per heavy atom. The van der Waals surface area contributed by atoms with Crippen molar-refractivity contribution in [3.05, 3.63) is 107 Å². The van der Waals surface area contributed by atoms with E-state index in [0.29, 0.717) is 17.2 Å². The summed E-state index contributed by atoms with van der Waals surface area (Å²) in [7, 11) is 0. The molecule has 0 aliphatic heterocycles. The molecule has 0 radical (unpaired) electrons. The zero-order valence-corrected chi connectivity index (χ0v) is 17.7. The SMILES string of the molecule is O=[N+]([O-])c1ccc(-c2cnc(-c3ccc4ccc(-c5c[nH]c6cc(F)ccc56)cc4c3)o2)cc1. The van der Waals surface area contributed by atoms with Crippen LogP contribution in [0.1, 0.15) is 0 Å². The predicted molar refractivity (Wildman–Crippen MR) is 129 cm³/mol. The maximum absolute atomic E-state index is 13.6. The highest BCUT2D eigenvalue weighted by Gasteiger charge is 2.12. The molecule has 6 nitrogen and oxygen atoms in total.